The van der Waals surface area contributed by atoms with Gasteiger partial charge in [0.05, 0.1) is 42.2 Å². The maximum atomic E-state index is 13.9. The van der Waals surface area contributed by atoms with Gasteiger partial charge in [-0.1, -0.05) is 45.5 Å². The molecule has 0 N–H and O–H groups in total. The van der Waals surface area contributed by atoms with Crippen molar-refractivity contribution in [3.05, 3.63) is 101 Å². The molecule has 0 radical (unpaired) electrons. The molecule has 1 unspecified atom stereocenters. The molecule has 0 aliphatic carbocycles. The van der Waals surface area contributed by atoms with Gasteiger partial charge in [0.1, 0.15) is 11.5 Å². The van der Waals surface area contributed by atoms with Crippen LogP contribution in [0.2, 0.25) is 0 Å². The van der Waals surface area contributed by atoms with Crippen LogP contribution in [0.25, 0.3) is 17.4 Å². The smallest absolute Gasteiger partial charge is 0.338 e. The number of thiazole rings is 1. The summed E-state index contributed by atoms with van der Waals surface area (Å²) in [5.74, 6) is 1.76. The summed E-state index contributed by atoms with van der Waals surface area (Å²) in [6, 6.07) is 16.1. The van der Waals surface area contributed by atoms with E-state index < -0.39 is 12.0 Å². The molecular formula is C30H27BrN2O6S. The summed E-state index contributed by atoms with van der Waals surface area (Å²) < 4.78 is 25.6. The molecule has 206 valence electrons. The standard InChI is InChI=1S/C30H27BrN2O6S/c1-5-37-24-15-19(9-13-23(24)36-4)27-26(29(35)38-6-2)17(3)32-30-33(27)28(34)25(40-30)16-21-12-14-22(39-21)18-7-10-20(31)11-8-18/h7-16,27H,5-6H2,1-4H3/b25-16-. The number of methoxy groups -OCH3 is 1. The van der Waals surface area contributed by atoms with E-state index in [9.17, 15) is 9.59 Å². The van der Waals surface area contributed by atoms with Gasteiger partial charge in [0.25, 0.3) is 5.56 Å². The molecule has 4 aromatic rings. The van der Waals surface area contributed by atoms with Gasteiger partial charge < -0.3 is 18.6 Å². The Hall–Kier alpha value is -3.89. The van der Waals surface area contributed by atoms with Gasteiger partial charge in [-0.05, 0) is 62.7 Å². The van der Waals surface area contributed by atoms with Gasteiger partial charge >= 0.3 is 5.97 Å². The molecule has 8 nitrogen and oxygen atoms in total. The second-order valence-corrected chi connectivity index (χ2v) is 10.8. The van der Waals surface area contributed by atoms with Crippen LogP contribution in [0.5, 0.6) is 11.5 Å². The zero-order valence-electron chi connectivity index (χ0n) is 22.4. The number of ether oxygens (including phenoxy) is 3. The van der Waals surface area contributed by atoms with Gasteiger partial charge in [0.2, 0.25) is 0 Å². The molecule has 0 amide bonds. The third-order valence-corrected chi connectivity index (χ3v) is 7.86. The van der Waals surface area contributed by atoms with Crippen LogP contribution in [0.15, 0.2) is 84.5 Å². The SMILES string of the molecule is CCOC(=O)C1=C(C)N=c2s/c(=C\c3ccc(-c4ccc(Br)cc4)o3)c(=O)n2C1c1ccc(OC)c(OCC)c1. The number of rotatable bonds is 8. The molecule has 2 aromatic heterocycles. The minimum Gasteiger partial charge on any atom is -0.493 e. The van der Waals surface area contributed by atoms with E-state index in [-0.39, 0.29) is 12.2 Å². The van der Waals surface area contributed by atoms with E-state index in [0.29, 0.717) is 55.8 Å². The van der Waals surface area contributed by atoms with Crippen molar-refractivity contribution in [1.29, 1.82) is 0 Å². The van der Waals surface area contributed by atoms with Gasteiger partial charge in [0.15, 0.2) is 16.3 Å². The Balaban J connectivity index is 1.65. The van der Waals surface area contributed by atoms with Crippen molar-refractivity contribution in [2.75, 3.05) is 20.3 Å². The highest BCUT2D eigenvalue weighted by Gasteiger charge is 2.34. The van der Waals surface area contributed by atoms with Crippen molar-refractivity contribution in [3.63, 3.8) is 0 Å². The number of allylic oxidation sites excluding steroid dienone is 1. The average molecular weight is 624 g/mol. The average Bonchev–Trinajstić information content (AvgIpc) is 3.53. The summed E-state index contributed by atoms with van der Waals surface area (Å²) in [7, 11) is 1.56. The number of hydrogen-bond donors (Lipinski definition) is 0. The Bertz CT molecular complexity index is 1780. The van der Waals surface area contributed by atoms with Crippen LogP contribution in [0.3, 0.4) is 0 Å². The first-order valence-corrected chi connectivity index (χ1v) is 14.3. The van der Waals surface area contributed by atoms with Crippen molar-refractivity contribution in [1.82, 2.24) is 4.57 Å². The van der Waals surface area contributed by atoms with E-state index >= 15 is 0 Å². The largest absolute Gasteiger partial charge is 0.493 e. The van der Waals surface area contributed by atoms with Gasteiger partial charge in [-0.25, -0.2) is 9.79 Å². The van der Waals surface area contributed by atoms with Gasteiger partial charge in [0, 0.05) is 16.1 Å². The number of nitrogens with zero attached hydrogens (tertiary/aromatic N) is 2. The van der Waals surface area contributed by atoms with Crippen LogP contribution in [0, 0.1) is 0 Å². The van der Waals surface area contributed by atoms with Gasteiger partial charge in [-0.3, -0.25) is 9.36 Å². The van der Waals surface area contributed by atoms with Crippen LogP contribution in [0.1, 0.15) is 38.1 Å². The second-order valence-electron chi connectivity index (χ2n) is 8.85. The van der Waals surface area contributed by atoms with Crippen LogP contribution in [-0.4, -0.2) is 30.9 Å². The summed E-state index contributed by atoms with van der Waals surface area (Å²) in [6.07, 6.45) is 1.70. The predicted molar refractivity (Wildman–Crippen MR) is 156 cm³/mol. The molecular weight excluding hydrogens is 596 g/mol. The fourth-order valence-corrected chi connectivity index (χ4v) is 5.86. The van der Waals surface area contributed by atoms with Crippen LogP contribution in [-0.2, 0) is 9.53 Å². The number of carbonyl (C=O) groups is 1. The molecule has 3 heterocycles. The zero-order chi connectivity index (χ0) is 28.4. The molecule has 1 aliphatic heterocycles. The highest BCUT2D eigenvalue weighted by Crippen LogP contribution is 2.36. The lowest BCUT2D eigenvalue weighted by molar-refractivity contribution is -0.139. The maximum Gasteiger partial charge on any atom is 0.338 e. The van der Waals surface area contributed by atoms with Crippen LogP contribution < -0.4 is 24.4 Å². The molecule has 0 fully saturated rings. The monoisotopic (exact) mass is 622 g/mol. The molecule has 0 saturated heterocycles. The molecule has 1 aliphatic rings. The third kappa shape index (κ3) is 5.29. The van der Waals surface area contributed by atoms with Crippen molar-refractivity contribution in [3.8, 4) is 22.8 Å². The fourth-order valence-electron chi connectivity index (χ4n) is 4.57. The normalized spacial score (nSPS) is 15.0. The minimum absolute atomic E-state index is 0.193. The number of benzene rings is 2. The molecule has 0 bridgehead atoms. The second kappa shape index (κ2) is 11.7. The van der Waals surface area contributed by atoms with Crippen molar-refractivity contribution >= 4 is 39.3 Å². The summed E-state index contributed by atoms with van der Waals surface area (Å²) in [6.45, 7) is 5.98. The number of halogens is 1. The first-order valence-electron chi connectivity index (χ1n) is 12.7. The first kappa shape index (κ1) is 27.7. The Morgan fingerprint density at radius 1 is 1.10 bits per heavy atom. The molecule has 0 spiro atoms. The van der Waals surface area contributed by atoms with E-state index in [4.69, 9.17) is 18.6 Å². The Morgan fingerprint density at radius 2 is 1.88 bits per heavy atom. The van der Waals surface area contributed by atoms with E-state index in [2.05, 4.69) is 20.9 Å². The molecule has 40 heavy (non-hydrogen) atoms. The Morgan fingerprint density at radius 3 is 2.58 bits per heavy atom. The van der Waals surface area contributed by atoms with Crippen molar-refractivity contribution in [2.45, 2.75) is 26.8 Å². The van der Waals surface area contributed by atoms with Crippen LogP contribution >= 0.6 is 27.3 Å². The molecule has 5 rings (SSSR count). The van der Waals surface area contributed by atoms with E-state index in [1.807, 2.05) is 49.4 Å². The Labute approximate surface area is 243 Å². The predicted octanol–water partition coefficient (Wildman–Crippen LogP) is 5.23. The minimum atomic E-state index is -0.766. The third-order valence-electron chi connectivity index (χ3n) is 6.35. The fraction of sp³-hybridized carbons (Fsp3) is 0.233. The summed E-state index contributed by atoms with van der Waals surface area (Å²) in [5, 5.41) is 0. The van der Waals surface area contributed by atoms with Gasteiger partial charge in [-0.15, -0.1) is 0 Å². The van der Waals surface area contributed by atoms with E-state index in [1.165, 1.54) is 15.9 Å². The number of esters is 1. The van der Waals surface area contributed by atoms with Gasteiger partial charge in [-0.2, -0.15) is 0 Å². The van der Waals surface area contributed by atoms with Crippen LogP contribution in [0.4, 0.5) is 0 Å². The molecule has 0 saturated carbocycles. The van der Waals surface area contributed by atoms with Crippen molar-refractivity contribution < 1.29 is 23.4 Å². The van der Waals surface area contributed by atoms with Crippen molar-refractivity contribution in [2.24, 2.45) is 4.99 Å². The number of furan rings is 1. The number of hydrogen-bond acceptors (Lipinski definition) is 8. The zero-order valence-corrected chi connectivity index (χ0v) is 24.8. The topological polar surface area (TPSA) is 92.3 Å². The molecule has 1 atom stereocenters. The Kier molecular flexibility index (Phi) is 8.09. The lowest BCUT2D eigenvalue weighted by atomic mass is 9.95. The van der Waals surface area contributed by atoms with E-state index in [0.717, 1.165) is 10.0 Å². The summed E-state index contributed by atoms with van der Waals surface area (Å²) in [4.78, 5) is 32.2. The number of aromatic nitrogens is 1. The number of carbonyl (C=O) groups excluding carboxylic acids is 1. The maximum absolute atomic E-state index is 13.9. The molecule has 2 aromatic carbocycles. The summed E-state index contributed by atoms with van der Waals surface area (Å²) in [5.41, 5.74) is 2.08. The quantitative estimate of drug-likeness (QED) is 0.250. The lowest BCUT2D eigenvalue weighted by Gasteiger charge is -2.25. The highest BCUT2D eigenvalue weighted by atomic mass is 79.9. The first-order chi connectivity index (χ1) is 19.3. The lowest BCUT2D eigenvalue weighted by Crippen LogP contribution is -2.39. The van der Waals surface area contributed by atoms with E-state index in [1.54, 1.807) is 39.2 Å². The summed E-state index contributed by atoms with van der Waals surface area (Å²) >= 11 is 4.68. The highest BCUT2D eigenvalue weighted by molar-refractivity contribution is 9.10. The number of fused-ring (bicyclic) bond motifs is 1. The molecule has 10 heteroatoms.